The van der Waals surface area contributed by atoms with E-state index in [-0.39, 0.29) is 6.04 Å². The van der Waals surface area contributed by atoms with Gasteiger partial charge in [0.2, 0.25) is 0 Å². The number of hydrogen-bond acceptors (Lipinski definition) is 4. The molecule has 5 heteroatoms. The van der Waals surface area contributed by atoms with E-state index >= 15 is 0 Å². The van der Waals surface area contributed by atoms with Crippen molar-refractivity contribution >= 4 is 0 Å². The van der Waals surface area contributed by atoms with Crippen LogP contribution in [0.1, 0.15) is 30.6 Å². The van der Waals surface area contributed by atoms with E-state index in [9.17, 15) is 0 Å². The summed E-state index contributed by atoms with van der Waals surface area (Å²) in [6.07, 6.45) is 6.43. The van der Waals surface area contributed by atoms with Crippen molar-refractivity contribution in [1.29, 1.82) is 0 Å². The largest absolute Gasteiger partial charge is 0.493 e. The number of rotatable bonds is 6. The monoisotopic (exact) mass is 260 g/mol. The van der Waals surface area contributed by atoms with E-state index in [1.807, 2.05) is 23.9 Å². The molecule has 0 aliphatic rings. The molecular weight excluding hydrogens is 240 g/mol. The molecule has 0 aliphatic carbocycles. The summed E-state index contributed by atoms with van der Waals surface area (Å²) < 4.78 is 7.26. The van der Waals surface area contributed by atoms with Gasteiger partial charge in [0.05, 0.1) is 19.3 Å². The van der Waals surface area contributed by atoms with Crippen molar-refractivity contribution in [1.82, 2.24) is 20.1 Å². The van der Waals surface area contributed by atoms with Crippen molar-refractivity contribution in [3.8, 4) is 5.75 Å². The summed E-state index contributed by atoms with van der Waals surface area (Å²) in [5, 5.41) is 7.81. The average molecular weight is 260 g/mol. The van der Waals surface area contributed by atoms with E-state index in [4.69, 9.17) is 4.74 Å². The predicted octanol–water partition coefficient (Wildman–Crippen LogP) is 1.91. The molecule has 0 aliphatic heterocycles. The first-order chi connectivity index (χ1) is 9.27. The smallest absolute Gasteiger partial charge is 0.161 e. The lowest BCUT2D eigenvalue weighted by molar-refractivity contribution is 0.400. The third kappa shape index (κ3) is 2.93. The highest BCUT2D eigenvalue weighted by Gasteiger charge is 2.21. The first-order valence-corrected chi connectivity index (χ1v) is 6.47. The van der Waals surface area contributed by atoms with Gasteiger partial charge in [-0.05, 0) is 30.7 Å². The van der Waals surface area contributed by atoms with E-state index in [1.54, 1.807) is 25.7 Å². The van der Waals surface area contributed by atoms with E-state index in [0.717, 1.165) is 30.0 Å². The Morgan fingerprint density at radius 3 is 2.74 bits per heavy atom. The molecule has 1 unspecified atom stereocenters. The first-order valence-electron chi connectivity index (χ1n) is 6.47. The van der Waals surface area contributed by atoms with Crippen LogP contribution in [0.25, 0.3) is 0 Å². The molecule has 2 heterocycles. The summed E-state index contributed by atoms with van der Waals surface area (Å²) in [6.45, 7) is 3.08. The van der Waals surface area contributed by atoms with Crippen LogP contribution in [0.4, 0.5) is 0 Å². The van der Waals surface area contributed by atoms with Crippen molar-refractivity contribution in [3.05, 3.63) is 42.0 Å². The molecule has 0 saturated heterocycles. The number of pyridine rings is 1. The van der Waals surface area contributed by atoms with Crippen molar-refractivity contribution < 1.29 is 4.74 Å². The number of ether oxygens (including phenoxy) is 1. The highest BCUT2D eigenvalue weighted by atomic mass is 16.5. The molecule has 0 bridgehead atoms. The Labute approximate surface area is 113 Å². The molecule has 102 valence electrons. The van der Waals surface area contributed by atoms with Crippen molar-refractivity contribution in [3.63, 3.8) is 0 Å². The molecule has 1 N–H and O–H groups in total. The van der Waals surface area contributed by atoms with Crippen LogP contribution in [0.15, 0.2) is 30.7 Å². The Hall–Kier alpha value is -1.88. The molecule has 2 aromatic rings. The van der Waals surface area contributed by atoms with Crippen LogP contribution in [-0.4, -0.2) is 28.4 Å². The minimum absolute atomic E-state index is 0.0606. The van der Waals surface area contributed by atoms with E-state index in [1.165, 1.54) is 0 Å². The lowest BCUT2D eigenvalue weighted by Crippen LogP contribution is -2.25. The molecule has 5 nitrogen and oxygen atoms in total. The zero-order valence-electron chi connectivity index (χ0n) is 11.6. The molecule has 0 amide bonds. The molecule has 0 radical (unpaired) electrons. The molecular formula is C14H20N4O. The molecule has 2 rings (SSSR count). The Balaban J connectivity index is 2.40. The van der Waals surface area contributed by atoms with Gasteiger partial charge in [-0.3, -0.25) is 9.67 Å². The van der Waals surface area contributed by atoms with Crippen LogP contribution in [-0.2, 0) is 7.05 Å². The maximum atomic E-state index is 5.41. The summed E-state index contributed by atoms with van der Waals surface area (Å²) in [6, 6.07) is 4.09. The summed E-state index contributed by atoms with van der Waals surface area (Å²) in [5.41, 5.74) is 2.19. The number of aryl methyl sites for hydroxylation is 1. The maximum absolute atomic E-state index is 5.41. The molecule has 0 aromatic carbocycles. The van der Waals surface area contributed by atoms with E-state index in [0.29, 0.717) is 0 Å². The number of methoxy groups -OCH3 is 1. The topological polar surface area (TPSA) is 52.0 Å². The van der Waals surface area contributed by atoms with Crippen molar-refractivity contribution in [2.75, 3.05) is 13.7 Å². The third-order valence-electron chi connectivity index (χ3n) is 3.08. The van der Waals surface area contributed by atoms with Gasteiger partial charge >= 0.3 is 0 Å². The number of aromatic nitrogens is 3. The fourth-order valence-corrected chi connectivity index (χ4v) is 2.13. The SMILES string of the molecule is CCCNC(c1ccncc1)c1c(OC)cnn1C. The summed E-state index contributed by atoms with van der Waals surface area (Å²) in [7, 11) is 3.60. The number of hydrogen-bond donors (Lipinski definition) is 1. The Bertz CT molecular complexity index is 509. The lowest BCUT2D eigenvalue weighted by Gasteiger charge is -2.20. The van der Waals surface area contributed by atoms with Gasteiger partial charge in [-0.25, -0.2) is 0 Å². The van der Waals surface area contributed by atoms with Gasteiger partial charge in [0.15, 0.2) is 5.75 Å². The van der Waals surface area contributed by atoms with Gasteiger partial charge in [-0.2, -0.15) is 5.10 Å². The molecule has 0 fully saturated rings. The second-order valence-electron chi connectivity index (χ2n) is 4.39. The second-order valence-corrected chi connectivity index (χ2v) is 4.39. The summed E-state index contributed by atoms with van der Waals surface area (Å²) in [4.78, 5) is 4.07. The Morgan fingerprint density at radius 2 is 2.11 bits per heavy atom. The van der Waals surface area contributed by atoms with Crippen LogP contribution >= 0.6 is 0 Å². The van der Waals surface area contributed by atoms with Crippen LogP contribution in [0.3, 0.4) is 0 Å². The summed E-state index contributed by atoms with van der Waals surface area (Å²) in [5.74, 6) is 0.799. The fourth-order valence-electron chi connectivity index (χ4n) is 2.13. The highest BCUT2D eigenvalue weighted by Crippen LogP contribution is 2.29. The standard InChI is InChI=1S/C14H20N4O/c1-4-7-16-13(11-5-8-15-9-6-11)14-12(19-3)10-17-18(14)2/h5-6,8-10,13,16H,4,7H2,1-3H3. The maximum Gasteiger partial charge on any atom is 0.161 e. The molecule has 2 aromatic heterocycles. The minimum atomic E-state index is 0.0606. The number of nitrogens with zero attached hydrogens (tertiary/aromatic N) is 3. The zero-order valence-corrected chi connectivity index (χ0v) is 11.6. The molecule has 1 atom stereocenters. The fraction of sp³-hybridized carbons (Fsp3) is 0.429. The van der Waals surface area contributed by atoms with E-state index in [2.05, 4.69) is 22.3 Å². The van der Waals surface area contributed by atoms with Crippen LogP contribution in [0, 0.1) is 0 Å². The third-order valence-corrected chi connectivity index (χ3v) is 3.08. The quantitative estimate of drug-likeness (QED) is 0.862. The van der Waals surface area contributed by atoms with Gasteiger partial charge < -0.3 is 10.1 Å². The molecule has 19 heavy (non-hydrogen) atoms. The Morgan fingerprint density at radius 1 is 1.37 bits per heavy atom. The minimum Gasteiger partial charge on any atom is -0.493 e. The molecule has 0 saturated carbocycles. The average Bonchev–Trinajstić information content (AvgIpc) is 2.82. The second kappa shape index (κ2) is 6.33. The first kappa shape index (κ1) is 13.5. The van der Waals surface area contributed by atoms with Gasteiger partial charge in [0, 0.05) is 19.4 Å². The zero-order chi connectivity index (χ0) is 13.7. The predicted molar refractivity (Wildman–Crippen MR) is 74.1 cm³/mol. The molecule has 0 spiro atoms. The van der Waals surface area contributed by atoms with Crippen molar-refractivity contribution in [2.45, 2.75) is 19.4 Å². The van der Waals surface area contributed by atoms with Crippen LogP contribution in [0.2, 0.25) is 0 Å². The van der Waals surface area contributed by atoms with E-state index < -0.39 is 0 Å². The summed E-state index contributed by atoms with van der Waals surface area (Å²) >= 11 is 0. The van der Waals surface area contributed by atoms with Gasteiger partial charge in [0.25, 0.3) is 0 Å². The number of nitrogens with one attached hydrogen (secondary N) is 1. The van der Waals surface area contributed by atoms with Gasteiger partial charge in [0.1, 0.15) is 5.69 Å². The highest BCUT2D eigenvalue weighted by molar-refractivity contribution is 5.35. The Kier molecular flexibility index (Phi) is 4.52. The van der Waals surface area contributed by atoms with Gasteiger partial charge in [-0.1, -0.05) is 6.92 Å². The van der Waals surface area contributed by atoms with Crippen LogP contribution in [0.5, 0.6) is 5.75 Å². The lowest BCUT2D eigenvalue weighted by atomic mass is 10.0. The normalized spacial score (nSPS) is 12.4. The van der Waals surface area contributed by atoms with Gasteiger partial charge in [-0.15, -0.1) is 0 Å². The van der Waals surface area contributed by atoms with Crippen LogP contribution < -0.4 is 10.1 Å². The van der Waals surface area contributed by atoms with Crippen molar-refractivity contribution in [2.24, 2.45) is 7.05 Å².